The second-order valence-electron chi connectivity index (χ2n) is 11.2. The van der Waals surface area contributed by atoms with Gasteiger partial charge in [0.05, 0.1) is 66.2 Å². The summed E-state index contributed by atoms with van der Waals surface area (Å²) in [5.74, 6) is -0.0928. The average molecular weight is 697 g/mol. The van der Waals surface area contributed by atoms with E-state index in [1.165, 1.54) is 33.2 Å². The molecule has 12 nitrogen and oxygen atoms in total. The lowest BCUT2D eigenvalue weighted by atomic mass is 9.97. The molecule has 4 rings (SSSR count). The van der Waals surface area contributed by atoms with Gasteiger partial charge in [0, 0.05) is 34.2 Å². The molecule has 1 N–H and O–H groups in total. The molecule has 2 amide bonds. The van der Waals surface area contributed by atoms with Crippen molar-refractivity contribution >= 4 is 40.9 Å². The first-order valence-electron chi connectivity index (χ1n) is 15.7. The van der Waals surface area contributed by atoms with E-state index in [1.807, 2.05) is 0 Å². The van der Waals surface area contributed by atoms with Crippen LogP contribution in [0.15, 0.2) is 54.6 Å². The first kappa shape index (κ1) is 37.0. The van der Waals surface area contributed by atoms with Crippen LogP contribution in [0.1, 0.15) is 55.9 Å². The second-order valence-corrected chi connectivity index (χ2v) is 11.6. The number of halogens is 1. The van der Waals surface area contributed by atoms with E-state index in [0.29, 0.717) is 50.4 Å². The predicted octanol–water partition coefficient (Wildman–Crippen LogP) is 5.20. The Bertz CT molecular complexity index is 1680. The van der Waals surface area contributed by atoms with E-state index in [-0.39, 0.29) is 31.8 Å². The summed E-state index contributed by atoms with van der Waals surface area (Å²) in [5, 5.41) is 3.05. The predicted molar refractivity (Wildman–Crippen MR) is 182 cm³/mol. The van der Waals surface area contributed by atoms with E-state index < -0.39 is 42.5 Å². The van der Waals surface area contributed by atoms with Crippen molar-refractivity contribution in [1.82, 2.24) is 5.32 Å². The highest BCUT2D eigenvalue weighted by Gasteiger charge is 2.39. The van der Waals surface area contributed by atoms with Gasteiger partial charge in [-0.15, -0.1) is 0 Å². The van der Waals surface area contributed by atoms with E-state index in [4.69, 9.17) is 40.0 Å². The fourth-order valence-corrected chi connectivity index (χ4v) is 5.78. The molecule has 0 fully saturated rings. The van der Waals surface area contributed by atoms with E-state index in [2.05, 4.69) is 5.32 Å². The molecule has 0 aromatic heterocycles. The van der Waals surface area contributed by atoms with Crippen molar-refractivity contribution in [2.75, 3.05) is 39.9 Å². The van der Waals surface area contributed by atoms with Crippen molar-refractivity contribution in [3.05, 3.63) is 76.3 Å². The number of amides is 2. The minimum absolute atomic E-state index is 0.0484. The maximum atomic E-state index is 14.5. The highest BCUT2D eigenvalue weighted by molar-refractivity contribution is 6.30. The van der Waals surface area contributed by atoms with Gasteiger partial charge in [0.1, 0.15) is 23.7 Å². The Morgan fingerprint density at radius 2 is 1.67 bits per heavy atom. The van der Waals surface area contributed by atoms with Crippen LogP contribution < -0.4 is 29.2 Å². The van der Waals surface area contributed by atoms with Gasteiger partial charge in [0.25, 0.3) is 5.91 Å². The number of rotatable bonds is 15. The molecule has 0 bridgehead atoms. The van der Waals surface area contributed by atoms with Crippen molar-refractivity contribution in [3.8, 4) is 23.0 Å². The molecule has 1 aliphatic heterocycles. The summed E-state index contributed by atoms with van der Waals surface area (Å²) in [6.07, 6.45) is -2.89. The van der Waals surface area contributed by atoms with Crippen LogP contribution in [-0.2, 0) is 35.2 Å². The molecule has 3 atom stereocenters. The van der Waals surface area contributed by atoms with Gasteiger partial charge >= 0.3 is 5.97 Å². The zero-order chi connectivity index (χ0) is 35.7. The van der Waals surface area contributed by atoms with Crippen LogP contribution in [0.5, 0.6) is 23.0 Å². The Morgan fingerprint density at radius 3 is 2.35 bits per heavy atom. The summed E-state index contributed by atoms with van der Waals surface area (Å²) in [6.45, 7) is 3.45. The smallest absolute Gasteiger partial charge is 0.306 e. The fourth-order valence-electron chi connectivity index (χ4n) is 5.60. The Hall–Kier alpha value is -4.81. The average Bonchev–Trinajstić information content (AvgIpc) is 3.20. The van der Waals surface area contributed by atoms with E-state index in [0.717, 1.165) is 0 Å². The maximum Gasteiger partial charge on any atom is 0.306 e. The SMILES string of the molecule is CCOC(=O)CCC(=O)C(C)NC(=O)CC1OC(c2cccc(OC)c2OC)c2cc(Cl)ccc2N(Cc2ccc(OC)cc2OC)C1=O. The number of anilines is 1. The summed E-state index contributed by atoms with van der Waals surface area (Å²) in [6, 6.07) is 14.7. The van der Waals surface area contributed by atoms with Crippen LogP contribution in [0.2, 0.25) is 5.02 Å². The highest BCUT2D eigenvalue weighted by Crippen LogP contribution is 2.45. The molecular weight excluding hydrogens is 656 g/mol. The standard InChI is InChI=1S/C36H41ClN2O10/c1-7-48-33(42)16-15-28(40)21(2)38-32(41)19-31-36(43)39(20-22-11-13-24(44-3)18-30(22)46-5)27-14-12-23(37)17-26(27)34(49-31)25-9-8-10-29(45-4)35(25)47-6/h8-14,17-18,21,31,34H,7,15-16,19-20H2,1-6H3,(H,38,41). The number of esters is 1. The molecule has 0 saturated heterocycles. The zero-order valence-corrected chi connectivity index (χ0v) is 29.1. The molecule has 0 spiro atoms. The highest BCUT2D eigenvalue weighted by atomic mass is 35.5. The van der Waals surface area contributed by atoms with Gasteiger partial charge in [-0.25, -0.2) is 0 Å². The largest absolute Gasteiger partial charge is 0.497 e. The van der Waals surface area contributed by atoms with Gasteiger partial charge in [-0.05, 0) is 50.2 Å². The van der Waals surface area contributed by atoms with Gasteiger partial charge in [-0.3, -0.25) is 19.2 Å². The molecule has 3 aromatic carbocycles. The van der Waals surface area contributed by atoms with Crippen LogP contribution in [0.3, 0.4) is 0 Å². The van der Waals surface area contributed by atoms with Crippen molar-refractivity contribution in [2.24, 2.45) is 0 Å². The molecule has 0 saturated carbocycles. The molecule has 0 radical (unpaired) electrons. The van der Waals surface area contributed by atoms with E-state index >= 15 is 0 Å². The first-order valence-corrected chi connectivity index (χ1v) is 16.1. The fraction of sp³-hybridized carbons (Fsp3) is 0.389. The number of nitrogens with zero attached hydrogens (tertiary/aromatic N) is 1. The molecule has 13 heteroatoms. The third-order valence-corrected chi connectivity index (χ3v) is 8.29. The van der Waals surface area contributed by atoms with Crippen LogP contribution in [-0.4, -0.2) is 70.8 Å². The molecule has 49 heavy (non-hydrogen) atoms. The number of methoxy groups -OCH3 is 4. The van der Waals surface area contributed by atoms with Crippen LogP contribution in [0.4, 0.5) is 5.69 Å². The van der Waals surface area contributed by atoms with E-state index in [9.17, 15) is 19.2 Å². The number of benzene rings is 3. The van der Waals surface area contributed by atoms with Gasteiger partial charge in [-0.1, -0.05) is 23.7 Å². The molecular formula is C36H41ClN2O10. The molecule has 0 aliphatic carbocycles. The number of ketones is 1. The Balaban J connectivity index is 1.75. The minimum atomic E-state index is -1.32. The van der Waals surface area contributed by atoms with Gasteiger partial charge < -0.3 is 38.6 Å². The quantitative estimate of drug-likeness (QED) is 0.211. The summed E-state index contributed by atoms with van der Waals surface area (Å²) < 4.78 is 33.7. The number of para-hydroxylation sites is 1. The van der Waals surface area contributed by atoms with Gasteiger partial charge in [0.2, 0.25) is 5.91 Å². The lowest BCUT2D eigenvalue weighted by Gasteiger charge is -2.26. The number of Topliss-reactive ketones (excluding diaryl/α,β-unsaturated/α-hetero) is 1. The lowest BCUT2D eigenvalue weighted by molar-refractivity contribution is -0.144. The molecule has 3 unspecified atom stereocenters. The Morgan fingerprint density at radius 1 is 0.918 bits per heavy atom. The van der Waals surface area contributed by atoms with Crippen molar-refractivity contribution in [3.63, 3.8) is 0 Å². The zero-order valence-electron chi connectivity index (χ0n) is 28.4. The summed E-state index contributed by atoms with van der Waals surface area (Å²) in [4.78, 5) is 54.0. The first-order chi connectivity index (χ1) is 23.5. The number of carbonyl (C=O) groups excluding carboxylic acids is 4. The monoisotopic (exact) mass is 696 g/mol. The van der Waals surface area contributed by atoms with Crippen molar-refractivity contribution in [2.45, 2.75) is 57.9 Å². The summed E-state index contributed by atoms with van der Waals surface area (Å²) >= 11 is 6.54. The second kappa shape index (κ2) is 17.0. The topological polar surface area (TPSA) is 139 Å². The third-order valence-electron chi connectivity index (χ3n) is 8.06. The van der Waals surface area contributed by atoms with Crippen molar-refractivity contribution in [1.29, 1.82) is 0 Å². The number of hydrogen-bond acceptors (Lipinski definition) is 10. The number of fused-ring (bicyclic) bond motifs is 1. The Kier molecular flexibility index (Phi) is 12.9. The number of nitrogens with one attached hydrogen (secondary N) is 1. The maximum absolute atomic E-state index is 14.5. The normalized spacial score (nSPS) is 16.1. The summed E-state index contributed by atoms with van der Waals surface area (Å²) in [7, 11) is 6.07. The minimum Gasteiger partial charge on any atom is -0.497 e. The number of carbonyl (C=O) groups is 4. The number of hydrogen-bond donors (Lipinski definition) is 1. The van der Waals surface area contributed by atoms with Gasteiger partial charge in [-0.2, -0.15) is 0 Å². The van der Waals surface area contributed by atoms with Crippen LogP contribution in [0.25, 0.3) is 0 Å². The molecule has 262 valence electrons. The Labute approximate surface area is 290 Å². The van der Waals surface area contributed by atoms with Crippen LogP contribution >= 0.6 is 11.6 Å². The summed E-state index contributed by atoms with van der Waals surface area (Å²) in [5.41, 5.74) is 2.24. The lowest BCUT2D eigenvalue weighted by Crippen LogP contribution is -2.44. The number of ether oxygens (including phenoxy) is 6. The van der Waals surface area contributed by atoms with E-state index in [1.54, 1.807) is 68.6 Å². The third kappa shape index (κ3) is 8.81. The van der Waals surface area contributed by atoms with Crippen LogP contribution in [0, 0.1) is 0 Å². The molecule has 1 aliphatic rings. The molecule has 3 aromatic rings. The van der Waals surface area contributed by atoms with Gasteiger partial charge in [0.15, 0.2) is 17.3 Å². The molecule has 1 heterocycles. The van der Waals surface area contributed by atoms with Crippen molar-refractivity contribution < 1.29 is 47.6 Å².